The van der Waals surface area contributed by atoms with Gasteiger partial charge in [-0.2, -0.15) is 0 Å². The SMILES string of the molecule is CN=C(NCC1CCCN1C)NC1CC(C)(C)Oc2ccccc21.I. The molecule has 1 aromatic rings. The fourth-order valence-corrected chi connectivity index (χ4v) is 3.74. The Hall–Kier alpha value is -1.02. The van der Waals surface area contributed by atoms with Crippen molar-refractivity contribution < 1.29 is 4.74 Å². The van der Waals surface area contributed by atoms with Crippen molar-refractivity contribution >= 4 is 29.9 Å². The van der Waals surface area contributed by atoms with E-state index in [1.54, 1.807) is 0 Å². The Kier molecular flexibility index (Phi) is 6.96. The highest BCUT2D eigenvalue weighted by molar-refractivity contribution is 14.0. The monoisotopic (exact) mass is 458 g/mol. The number of fused-ring (bicyclic) bond motifs is 1. The smallest absolute Gasteiger partial charge is 0.191 e. The van der Waals surface area contributed by atoms with E-state index in [0.29, 0.717) is 6.04 Å². The summed E-state index contributed by atoms with van der Waals surface area (Å²) in [5.41, 5.74) is 1.02. The van der Waals surface area contributed by atoms with E-state index in [1.165, 1.54) is 24.9 Å². The van der Waals surface area contributed by atoms with Gasteiger partial charge in [0.15, 0.2) is 5.96 Å². The van der Waals surface area contributed by atoms with Crippen molar-refractivity contribution in [2.24, 2.45) is 4.99 Å². The van der Waals surface area contributed by atoms with Gasteiger partial charge >= 0.3 is 0 Å². The topological polar surface area (TPSA) is 48.9 Å². The first kappa shape index (κ1) is 20.3. The molecule has 0 aromatic heterocycles. The van der Waals surface area contributed by atoms with E-state index >= 15 is 0 Å². The van der Waals surface area contributed by atoms with Crippen LogP contribution < -0.4 is 15.4 Å². The van der Waals surface area contributed by atoms with E-state index in [1.807, 2.05) is 13.1 Å². The number of rotatable bonds is 3. The van der Waals surface area contributed by atoms with Crippen LogP contribution in [0.25, 0.3) is 0 Å². The summed E-state index contributed by atoms with van der Waals surface area (Å²) in [6.45, 7) is 6.41. The molecule has 140 valence electrons. The van der Waals surface area contributed by atoms with Crippen LogP contribution in [0.3, 0.4) is 0 Å². The van der Waals surface area contributed by atoms with Gasteiger partial charge in [-0.1, -0.05) is 18.2 Å². The highest BCUT2D eigenvalue weighted by atomic mass is 127. The highest BCUT2D eigenvalue weighted by Crippen LogP contribution is 2.39. The molecule has 25 heavy (non-hydrogen) atoms. The molecular formula is C19H31IN4O. The third-order valence-electron chi connectivity index (χ3n) is 5.09. The summed E-state index contributed by atoms with van der Waals surface area (Å²) < 4.78 is 6.11. The van der Waals surface area contributed by atoms with E-state index in [2.05, 4.69) is 59.6 Å². The number of benzene rings is 1. The molecule has 2 atom stereocenters. The summed E-state index contributed by atoms with van der Waals surface area (Å²) in [6.07, 6.45) is 3.46. The second-order valence-electron chi connectivity index (χ2n) is 7.53. The van der Waals surface area contributed by atoms with E-state index in [4.69, 9.17) is 4.74 Å². The van der Waals surface area contributed by atoms with E-state index < -0.39 is 0 Å². The maximum absolute atomic E-state index is 6.11. The third-order valence-corrected chi connectivity index (χ3v) is 5.09. The van der Waals surface area contributed by atoms with Gasteiger partial charge in [-0.15, -0.1) is 24.0 Å². The second kappa shape index (κ2) is 8.58. The van der Waals surface area contributed by atoms with Gasteiger partial charge < -0.3 is 20.3 Å². The molecule has 1 fully saturated rings. The summed E-state index contributed by atoms with van der Waals surface area (Å²) in [5, 5.41) is 7.10. The van der Waals surface area contributed by atoms with Crippen LogP contribution in [0.1, 0.15) is 44.7 Å². The van der Waals surface area contributed by atoms with Gasteiger partial charge in [0, 0.05) is 31.6 Å². The lowest BCUT2D eigenvalue weighted by Crippen LogP contribution is -2.47. The molecule has 0 saturated carbocycles. The first-order valence-electron chi connectivity index (χ1n) is 8.94. The predicted molar refractivity (Wildman–Crippen MR) is 114 cm³/mol. The van der Waals surface area contributed by atoms with Crippen molar-refractivity contribution in [3.8, 4) is 5.75 Å². The first-order valence-corrected chi connectivity index (χ1v) is 8.94. The van der Waals surface area contributed by atoms with Crippen LogP contribution in [-0.4, -0.2) is 49.7 Å². The van der Waals surface area contributed by atoms with Crippen LogP contribution >= 0.6 is 24.0 Å². The fraction of sp³-hybridized carbons (Fsp3) is 0.632. The predicted octanol–water partition coefficient (Wildman–Crippen LogP) is 3.17. The molecule has 6 heteroatoms. The quantitative estimate of drug-likeness (QED) is 0.415. The zero-order valence-corrected chi connectivity index (χ0v) is 18.0. The number of likely N-dealkylation sites (N-methyl/N-ethyl adjacent to an activating group) is 1. The number of hydrogen-bond acceptors (Lipinski definition) is 3. The lowest BCUT2D eigenvalue weighted by Gasteiger charge is -2.38. The molecule has 2 aliphatic heterocycles. The third kappa shape index (κ3) is 5.00. The molecule has 3 rings (SSSR count). The van der Waals surface area contributed by atoms with Crippen molar-refractivity contribution in [2.75, 3.05) is 27.2 Å². The molecule has 5 nitrogen and oxygen atoms in total. The maximum Gasteiger partial charge on any atom is 0.191 e. The molecule has 0 amide bonds. The second-order valence-corrected chi connectivity index (χ2v) is 7.53. The number of nitrogens with zero attached hydrogens (tertiary/aromatic N) is 2. The largest absolute Gasteiger partial charge is 0.487 e. The number of aliphatic imine (C=N–C) groups is 1. The van der Waals surface area contributed by atoms with Gasteiger partial charge in [-0.05, 0) is 46.3 Å². The average molecular weight is 458 g/mol. The molecule has 0 bridgehead atoms. The zero-order chi connectivity index (χ0) is 17.2. The molecule has 1 aromatic carbocycles. The molecule has 0 radical (unpaired) electrons. The Morgan fingerprint density at radius 3 is 2.80 bits per heavy atom. The molecular weight excluding hydrogens is 427 g/mol. The Balaban J connectivity index is 0.00000225. The lowest BCUT2D eigenvalue weighted by molar-refractivity contribution is 0.0694. The van der Waals surface area contributed by atoms with Gasteiger partial charge in [-0.25, -0.2) is 0 Å². The summed E-state index contributed by atoms with van der Waals surface area (Å²) in [7, 11) is 4.04. The summed E-state index contributed by atoms with van der Waals surface area (Å²) in [6, 6.07) is 9.09. The van der Waals surface area contributed by atoms with Gasteiger partial charge in [0.1, 0.15) is 11.4 Å². The Morgan fingerprint density at radius 2 is 2.12 bits per heavy atom. The summed E-state index contributed by atoms with van der Waals surface area (Å²) >= 11 is 0. The van der Waals surface area contributed by atoms with Crippen molar-refractivity contribution in [1.82, 2.24) is 15.5 Å². The molecule has 0 aliphatic carbocycles. The maximum atomic E-state index is 6.11. The normalized spacial score (nSPS) is 25.5. The van der Waals surface area contributed by atoms with Gasteiger partial charge in [0.05, 0.1) is 6.04 Å². The van der Waals surface area contributed by atoms with Gasteiger partial charge in [-0.3, -0.25) is 4.99 Å². The van der Waals surface area contributed by atoms with E-state index in [9.17, 15) is 0 Å². The number of halogens is 1. The minimum Gasteiger partial charge on any atom is -0.487 e. The highest BCUT2D eigenvalue weighted by Gasteiger charge is 2.34. The Labute approximate surface area is 168 Å². The van der Waals surface area contributed by atoms with Crippen molar-refractivity contribution in [2.45, 2.75) is 50.8 Å². The standard InChI is InChI=1S/C19H30N4O.HI/c1-19(2)12-16(15-9-5-6-10-17(15)24-19)22-18(20-3)21-13-14-8-7-11-23(14)4;/h5-6,9-10,14,16H,7-8,11-13H2,1-4H3,(H2,20,21,22);1H. The first-order chi connectivity index (χ1) is 11.5. The molecule has 1 saturated heterocycles. The van der Waals surface area contributed by atoms with Crippen LogP contribution in [0.4, 0.5) is 0 Å². The number of para-hydroxylation sites is 1. The summed E-state index contributed by atoms with van der Waals surface area (Å²) in [4.78, 5) is 6.85. The van der Waals surface area contributed by atoms with E-state index in [0.717, 1.165) is 24.7 Å². The zero-order valence-electron chi connectivity index (χ0n) is 15.7. The Morgan fingerprint density at radius 1 is 1.36 bits per heavy atom. The molecule has 0 spiro atoms. The summed E-state index contributed by atoms with van der Waals surface area (Å²) in [5.74, 6) is 1.84. The van der Waals surface area contributed by atoms with Crippen LogP contribution in [-0.2, 0) is 0 Å². The van der Waals surface area contributed by atoms with E-state index in [-0.39, 0.29) is 35.6 Å². The molecule has 2 N–H and O–H groups in total. The van der Waals surface area contributed by atoms with Crippen LogP contribution in [0, 0.1) is 0 Å². The number of nitrogens with one attached hydrogen (secondary N) is 2. The van der Waals surface area contributed by atoms with Crippen molar-refractivity contribution in [3.63, 3.8) is 0 Å². The van der Waals surface area contributed by atoms with Crippen LogP contribution in [0.5, 0.6) is 5.75 Å². The number of hydrogen-bond donors (Lipinski definition) is 2. The van der Waals surface area contributed by atoms with Crippen molar-refractivity contribution in [3.05, 3.63) is 29.8 Å². The molecule has 2 heterocycles. The lowest BCUT2D eigenvalue weighted by atomic mass is 9.90. The minimum atomic E-state index is -0.184. The molecule has 2 aliphatic rings. The van der Waals surface area contributed by atoms with Crippen LogP contribution in [0.2, 0.25) is 0 Å². The average Bonchev–Trinajstić information content (AvgIpc) is 2.95. The number of ether oxygens (including phenoxy) is 1. The number of guanidine groups is 1. The molecule has 2 unspecified atom stereocenters. The Bertz CT molecular complexity index is 605. The van der Waals surface area contributed by atoms with Gasteiger partial charge in [0.2, 0.25) is 0 Å². The minimum absolute atomic E-state index is 0. The fourth-order valence-electron chi connectivity index (χ4n) is 3.74. The van der Waals surface area contributed by atoms with Crippen molar-refractivity contribution in [1.29, 1.82) is 0 Å². The van der Waals surface area contributed by atoms with Gasteiger partial charge in [0.25, 0.3) is 0 Å². The van der Waals surface area contributed by atoms with Crippen LogP contribution in [0.15, 0.2) is 29.3 Å². The number of likely N-dealkylation sites (tertiary alicyclic amines) is 1.